The molecule has 2 fully saturated rings. The van der Waals surface area contributed by atoms with Gasteiger partial charge in [0.15, 0.2) is 5.96 Å². The summed E-state index contributed by atoms with van der Waals surface area (Å²) < 4.78 is 5.22. The van der Waals surface area contributed by atoms with E-state index in [1.165, 1.54) is 12.8 Å². The number of guanidine groups is 1. The van der Waals surface area contributed by atoms with Crippen LogP contribution in [0.5, 0.6) is 0 Å². The van der Waals surface area contributed by atoms with E-state index in [2.05, 4.69) is 22.0 Å². The Kier molecular flexibility index (Phi) is 11.5. The summed E-state index contributed by atoms with van der Waals surface area (Å²) in [6.07, 6.45) is 5.09. The van der Waals surface area contributed by atoms with Gasteiger partial charge in [-0.1, -0.05) is 0 Å². The third-order valence-electron chi connectivity index (χ3n) is 5.18. The van der Waals surface area contributed by atoms with Crippen LogP contribution in [-0.4, -0.2) is 80.7 Å². The number of carbonyl (C=O) groups excluding carboxylic acids is 1. The summed E-state index contributed by atoms with van der Waals surface area (Å²) in [5.74, 6) is 1.13. The summed E-state index contributed by atoms with van der Waals surface area (Å²) in [6.45, 7) is 8.55. The van der Waals surface area contributed by atoms with Crippen LogP contribution in [0.15, 0.2) is 4.99 Å². The Balaban J connectivity index is 0.00000338. The molecule has 0 aromatic carbocycles. The molecule has 26 heavy (non-hydrogen) atoms. The van der Waals surface area contributed by atoms with Crippen LogP contribution < -0.4 is 11.1 Å². The van der Waals surface area contributed by atoms with Gasteiger partial charge in [-0.05, 0) is 45.1 Å². The number of carbonyl (C=O) groups is 1. The molecule has 0 radical (unpaired) electrons. The predicted molar refractivity (Wildman–Crippen MR) is 116 cm³/mol. The van der Waals surface area contributed by atoms with Crippen LogP contribution in [0.3, 0.4) is 0 Å². The Labute approximate surface area is 175 Å². The first-order valence-electron chi connectivity index (χ1n) is 9.68. The summed E-state index contributed by atoms with van der Waals surface area (Å²) in [4.78, 5) is 20.9. The highest BCUT2D eigenvalue weighted by Gasteiger charge is 2.26. The molecule has 7 nitrogen and oxygen atoms in total. The highest BCUT2D eigenvalue weighted by Crippen LogP contribution is 2.20. The average Bonchev–Trinajstić information content (AvgIpc) is 3.03. The number of ether oxygens (including phenoxy) is 1. The Morgan fingerprint density at radius 2 is 2.08 bits per heavy atom. The maximum absolute atomic E-state index is 11.2. The summed E-state index contributed by atoms with van der Waals surface area (Å²) in [5, 5.41) is 3.42. The van der Waals surface area contributed by atoms with Gasteiger partial charge in [-0.3, -0.25) is 14.7 Å². The van der Waals surface area contributed by atoms with E-state index < -0.39 is 0 Å². The molecular formula is C18H36IN5O2. The summed E-state index contributed by atoms with van der Waals surface area (Å²) in [5.41, 5.74) is 5.38. The van der Waals surface area contributed by atoms with Crippen molar-refractivity contribution in [3.05, 3.63) is 0 Å². The topological polar surface area (TPSA) is 83.2 Å². The fourth-order valence-electron chi connectivity index (χ4n) is 3.93. The van der Waals surface area contributed by atoms with E-state index in [-0.39, 0.29) is 29.9 Å². The highest BCUT2D eigenvalue weighted by atomic mass is 127. The Bertz CT molecular complexity index is 449. The number of amides is 1. The molecule has 2 unspecified atom stereocenters. The minimum atomic E-state index is -0.200. The van der Waals surface area contributed by atoms with Crippen molar-refractivity contribution in [2.45, 2.75) is 45.1 Å². The van der Waals surface area contributed by atoms with Crippen molar-refractivity contribution in [2.75, 3.05) is 53.0 Å². The van der Waals surface area contributed by atoms with E-state index in [1.54, 1.807) is 7.11 Å². The zero-order valence-corrected chi connectivity index (χ0v) is 18.6. The van der Waals surface area contributed by atoms with Crippen LogP contribution in [0.4, 0.5) is 0 Å². The van der Waals surface area contributed by atoms with Gasteiger partial charge in [-0.25, -0.2) is 0 Å². The molecule has 0 aromatic rings. The van der Waals surface area contributed by atoms with Crippen molar-refractivity contribution in [2.24, 2.45) is 16.6 Å². The van der Waals surface area contributed by atoms with E-state index >= 15 is 0 Å². The van der Waals surface area contributed by atoms with Crippen molar-refractivity contribution in [1.82, 2.24) is 15.1 Å². The monoisotopic (exact) mass is 481 g/mol. The molecule has 2 aliphatic heterocycles. The minimum absolute atomic E-state index is 0. The number of nitrogens with one attached hydrogen (secondary N) is 1. The number of nitrogens with two attached hydrogens (primary N) is 1. The predicted octanol–water partition coefficient (Wildman–Crippen LogP) is 1.27. The molecule has 1 amide bonds. The van der Waals surface area contributed by atoms with Crippen LogP contribution in [0, 0.1) is 5.92 Å². The lowest BCUT2D eigenvalue weighted by molar-refractivity contribution is -0.119. The number of hydrogen-bond donors (Lipinski definition) is 2. The highest BCUT2D eigenvalue weighted by molar-refractivity contribution is 14.0. The van der Waals surface area contributed by atoms with Crippen LogP contribution >= 0.6 is 24.0 Å². The first-order valence-corrected chi connectivity index (χ1v) is 9.68. The van der Waals surface area contributed by atoms with Gasteiger partial charge in [0.2, 0.25) is 5.91 Å². The van der Waals surface area contributed by atoms with Gasteiger partial charge in [0.05, 0.1) is 13.2 Å². The van der Waals surface area contributed by atoms with Crippen LogP contribution in [0.25, 0.3) is 0 Å². The SMILES string of the molecule is CCNC(=NCC1CCCN1CCOC)N1CCCC(CC(N)=O)C1.I. The third-order valence-corrected chi connectivity index (χ3v) is 5.18. The number of methoxy groups -OCH3 is 1. The fourth-order valence-corrected chi connectivity index (χ4v) is 3.93. The fraction of sp³-hybridized carbons (Fsp3) is 0.889. The molecule has 8 heteroatoms. The molecule has 2 rings (SSSR count). The van der Waals surface area contributed by atoms with Gasteiger partial charge in [-0.15, -0.1) is 24.0 Å². The van der Waals surface area contributed by atoms with E-state index in [9.17, 15) is 4.79 Å². The van der Waals surface area contributed by atoms with E-state index in [0.717, 1.165) is 64.7 Å². The van der Waals surface area contributed by atoms with Crippen molar-refractivity contribution in [1.29, 1.82) is 0 Å². The van der Waals surface area contributed by atoms with Crippen LogP contribution in [-0.2, 0) is 9.53 Å². The molecule has 2 atom stereocenters. The second-order valence-electron chi connectivity index (χ2n) is 7.14. The molecule has 152 valence electrons. The number of hydrogen-bond acceptors (Lipinski definition) is 4. The summed E-state index contributed by atoms with van der Waals surface area (Å²) in [6, 6.07) is 0.509. The lowest BCUT2D eigenvalue weighted by atomic mass is 9.95. The molecule has 0 aliphatic carbocycles. The van der Waals surface area contributed by atoms with Crippen LogP contribution in [0.2, 0.25) is 0 Å². The standard InChI is InChI=1S/C18H35N5O2.HI/c1-3-20-18(23-9-4-6-15(14-23)12-17(19)24)21-13-16-7-5-8-22(16)10-11-25-2;/h15-16H,3-14H2,1-2H3,(H2,19,24)(H,20,21);1H. The van der Waals surface area contributed by atoms with E-state index in [4.69, 9.17) is 15.5 Å². The molecule has 2 saturated heterocycles. The van der Waals surface area contributed by atoms with Crippen molar-refractivity contribution in [3.8, 4) is 0 Å². The molecule has 0 bridgehead atoms. The molecule has 0 aromatic heterocycles. The van der Waals surface area contributed by atoms with Crippen molar-refractivity contribution in [3.63, 3.8) is 0 Å². The average molecular weight is 481 g/mol. The molecule has 0 saturated carbocycles. The Morgan fingerprint density at radius 1 is 1.31 bits per heavy atom. The summed E-state index contributed by atoms with van der Waals surface area (Å²) >= 11 is 0. The quantitative estimate of drug-likeness (QED) is 0.310. The van der Waals surface area contributed by atoms with Gasteiger partial charge >= 0.3 is 0 Å². The maximum Gasteiger partial charge on any atom is 0.217 e. The van der Waals surface area contributed by atoms with Gasteiger partial charge in [0.25, 0.3) is 0 Å². The van der Waals surface area contributed by atoms with Crippen LogP contribution in [0.1, 0.15) is 39.0 Å². The van der Waals surface area contributed by atoms with E-state index in [1.807, 2.05) is 0 Å². The Hall–Kier alpha value is -0.610. The zero-order chi connectivity index (χ0) is 18.1. The Morgan fingerprint density at radius 3 is 2.77 bits per heavy atom. The van der Waals surface area contributed by atoms with Crippen molar-refractivity contribution >= 4 is 35.8 Å². The van der Waals surface area contributed by atoms with Crippen molar-refractivity contribution < 1.29 is 9.53 Å². The largest absolute Gasteiger partial charge is 0.383 e. The molecule has 2 heterocycles. The number of aliphatic imine (C=N–C) groups is 1. The number of likely N-dealkylation sites (tertiary alicyclic amines) is 2. The third kappa shape index (κ3) is 7.56. The van der Waals surface area contributed by atoms with Gasteiger partial charge in [-0.2, -0.15) is 0 Å². The number of nitrogens with zero attached hydrogens (tertiary/aromatic N) is 3. The number of rotatable bonds is 8. The lowest BCUT2D eigenvalue weighted by Gasteiger charge is -2.35. The second kappa shape index (κ2) is 12.7. The molecule has 3 N–H and O–H groups in total. The first-order chi connectivity index (χ1) is 12.1. The summed E-state index contributed by atoms with van der Waals surface area (Å²) in [7, 11) is 1.76. The number of piperidine rings is 1. The maximum atomic E-state index is 11.2. The lowest BCUT2D eigenvalue weighted by Crippen LogP contribution is -2.47. The normalized spacial score (nSPS) is 24.4. The molecule has 0 spiro atoms. The minimum Gasteiger partial charge on any atom is -0.383 e. The second-order valence-corrected chi connectivity index (χ2v) is 7.14. The number of halogens is 1. The van der Waals surface area contributed by atoms with Gasteiger partial charge < -0.3 is 20.7 Å². The first kappa shape index (κ1) is 23.4. The zero-order valence-electron chi connectivity index (χ0n) is 16.3. The van der Waals surface area contributed by atoms with E-state index in [0.29, 0.717) is 18.4 Å². The van der Waals surface area contributed by atoms with Gasteiger partial charge in [0, 0.05) is 45.8 Å². The number of primary amides is 1. The smallest absolute Gasteiger partial charge is 0.217 e. The molecule has 2 aliphatic rings. The molecular weight excluding hydrogens is 445 g/mol. The van der Waals surface area contributed by atoms with Gasteiger partial charge in [0.1, 0.15) is 0 Å².